The third kappa shape index (κ3) is 6.05. The van der Waals surface area contributed by atoms with Gasteiger partial charge in [0.1, 0.15) is 6.04 Å². The molecule has 2 atom stereocenters. The highest BCUT2D eigenvalue weighted by molar-refractivity contribution is 5.98. The molecule has 2 unspecified atom stereocenters. The van der Waals surface area contributed by atoms with Crippen molar-refractivity contribution in [3.05, 3.63) is 75.3 Å². The van der Waals surface area contributed by atoms with Crippen LogP contribution in [0.4, 0.5) is 5.69 Å². The van der Waals surface area contributed by atoms with Crippen LogP contribution in [0.25, 0.3) is 0 Å². The number of likely N-dealkylation sites (tertiary alicyclic amines) is 1. The maximum Gasteiger partial charge on any atom is 0.269 e. The number of benzene rings is 2. The van der Waals surface area contributed by atoms with E-state index in [1.54, 1.807) is 17.0 Å². The molecule has 0 spiro atoms. The summed E-state index contributed by atoms with van der Waals surface area (Å²) in [4.78, 5) is 42.1. The van der Waals surface area contributed by atoms with E-state index in [2.05, 4.69) is 10.2 Å². The molecule has 2 amide bonds. The topological polar surface area (TPSA) is 122 Å². The van der Waals surface area contributed by atoms with Gasteiger partial charge >= 0.3 is 0 Å². The van der Waals surface area contributed by atoms with Crippen LogP contribution in [0.3, 0.4) is 0 Å². The lowest BCUT2D eigenvalue weighted by molar-refractivity contribution is -0.384. The fraction of sp³-hybridized carbons (Fsp3) is 0.517. The second-order valence-electron chi connectivity index (χ2n) is 11.2. The Balaban J connectivity index is 1.35. The molecule has 0 aromatic heterocycles. The van der Waals surface area contributed by atoms with Crippen molar-refractivity contribution >= 4 is 17.5 Å². The molecular weight excluding hydrogens is 482 g/mol. The highest BCUT2D eigenvalue weighted by atomic mass is 16.6. The lowest BCUT2D eigenvalue weighted by atomic mass is 9.91. The summed E-state index contributed by atoms with van der Waals surface area (Å²) < 4.78 is 0. The summed E-state index contributed by atoms with van der Waals surface area (Å²) in [6.07, 6.45) is 6.25. The first-order valence-corrected chi connectivity index (χ1v) is 13.7. The summed E-state index contributed by atoms with van der Waals surface area (Å²) >= 11 is 0. The number of aryl methyl sites for hydroxylation is 1. The van der Waals surface area contributed by atoms with Crippen LogP contribution in [0.1, 0.15) is 66.4 Å². The standard InChI is InChI=1S/C29H37N5O4/c1-19-2-6-21(7-3-19)29(36)33-18-26(16-27(33)28(35)31-23-10-8-22(30)9-11-23)32(24-14-15-24)17-20-4-12-25(13-5-20)34(37)38/h2-7,12-13,22-24,26-27H,8-11,14-18,30H2,1H3,(H,31,35). The Hall–Kier alpha value is -3.30. The monoisotopic (exact) mass is 519 g/mol. The minimum absolute atomic E-state index is 0.0302. The van der Waals surface area contributed by atoms with Crippen LogP contribution in [0.5, 0.6) is 0 Å². The third-order valence-corrected chi connectivity index (χ3v) is 8.26. The van der Waals surface area contributed by atoms with E-state index >= 15 is 0 Å². The molecule has 38 heavy (non-hydrogen) atoms. The van der Waals surface area contributed by atoms with E-state index in [0.717, 1.165) is 49.7 Å². The number of non-ortho nitro benzene ring substituents is 1. The van der Waals surface area contributed by atoms with Gasteiger partial charge in [-0.15, -0.1) is 0 Å². The van der Waals surface area contributed by atoms with E-state index in [1.165, 1.54) is 12.1 Å². The Morgan fingerprint density at radius 1 is 1.00 bits per heavy atom. The molecule has 3 aliphatic rings. The first-order valence-electron chi connectivity index (χ1n) is 13.7. The Labute approximate surface area is 223 Å². The molecule has 2 aromatic rings. The van der Waals surface area contributed by atoms with E-state index in [0.29, 0.717) is 31.1 Å². The molecule has 2 aromatic carbocycles. The molecule has 0 bridgehead atoms. The molecule has 5 rings (SSSR count). The van der Waals surface area contributed by atoms with Crippen LogP contribution in [0.15, 0.2) is 48.5 Å². The van der Waals surface area contributed by atoms with Gasteiger partial charge in [-0.25, -0.2) is 0 Å². The summed E-state index contributed by atoms with van der Waals surface area (Å²) in [5, 5.41) is 14.3. The lowest BCUT2D eigenvalue weighted by Crippen LogP contribution is -2.50. The molecule has 2 saturated carbocycles. The van der Waals surface area contributed by atoms with Crippen molar-refractivity contribution in [3.8, 4) is 0 Å². The van der Waals surface area contributed by atoms with E-state index in [-0.39, 0.29) is 35.6 Å². The minimum Gasteiger partial charge on any atom is -0.352 e. The predicted molar refractivity (Wildman–Crippen MR) is 144 cm³/mol. The number of nitro groups is 1. The number of amides is 2. The minimum atomic E-state index is -0.539. The molecule has 1 aliphatic heterocycles. The van der Waals surface area contributed by atoms with Gasteiger partial charge in [-0.2, -0.15) is 0 Å². The largest absolute Gasteiger partial charge is 0.352 e. The molecule has 9 nitrogen and oxygen atoms in total. The number of hydrogen-bond donors (Lipinski definition) is 2. The maximum atomic E-state index is 13.7. The maximum absolute atomic E-state index is 13.7. The zero-order chi connectivity index (χ0) is 26.8. The number of nitrogens with two attached hydrogens (primary N) is 1. The molecule has 202 valence electrons. The normalized spacial score (nSPS) is 25.4. The van der Waals surface area contributed by atoms with Crippen molar-refractivity contribution < 1.29 is 14.5 Å². The van der Waals surface area contributed by atoms with Crippen molar-refractivity contribution in [2.75, 3.05) is 6.54 Å². The van der Waals surface area contributed by atoms with Crippen LogP contribution in [-0.4, -0.2) is 63.3 Å². The lowest BCUT2D eigenvalue weighted by Gasteiger charge is -2.30. The Morgan fingerprint density at radius 2 is 1.66 bits per heavy atom. The second kappa shape index (κ2) is 11.2. The Bertz CT molecular complexity index is 1160. The van der Waals surface area contributed by atoms with E-state index in [4.69, 9.17) is 5.73 Å². The number of nitro benzene ring substituents is 1. The SMILES string of the molecule is Cc1ccc(C(=O)N2CC(N(Cc3ccc([N+](=O)[O-])cc3)C3CC3)CC2C(=O)NC2CCC(N)CC2)cc1. The van der Waals surface area contributed by atoms with Crippen LogP contribution in [0, 0.1) is 17.0 Å². The zero-order valence-electron chi connectivity index (χ0n) is 21.9. The van der Waals surface area contributed by atoms with Gasteiger partial charge in [0.2, 0.25) is 5.91 Å². The van der Waals surface area contributed by atoms with Gasteiger partial charge in [0.25, 0.3) is 11.6 Å². The fourth-order valence-electron chi connectivity index (χ4n) is 5.85. The smallest absolute Gasteiger partial charge is 0.269 e. The second-order valence-corrected chi connectivity index (χ2v) is 11.2. The first kappa shape index (κ1) is 26.3. The van der Waals surface area contributed by atoms with Crippen molar-refractivity contribution in [1.82, 2.24) is 15.1 Å². The summed E-state index contributed by atoms with van der Waals surface area (Å²) in [7, 11) is 0. The number of hydrogen-bond acceptors (Lipinski definition) is 6. The Kier molecular flexibility index (Phi) is 7.76. The summed E-state index contributed by atoms with van der Waals surface area (Å²) in [5.41, 5.74) is 8.78. The number of nitrogens with one attached hydrogen (secondary N) is 1. The molecule has 2 aliphatic carbocycles. The van der Waals surface area contributed by atoms with Gasteiger partial charge in [0.15, 0.2) is 0 Å². The van der Waals surface area contributed by atoms with Gasteiger partial charge < -0.3 is 16.0 Å². The number of carbonyl (C=O) groups excluding carboxylic acids is 2. The summed E-state index contributed by atoms with van der Waals surface area (Å²) in [6, 6.07) is 14.4. The third-order valence-electron chi connectivity index (χ3n) is 8.26. The van der Waals surface area contributed by atoms with Crippen molar-refractivity contribution in [1.29, 1.82) is 0 Å². The molecule has 0 radical (unpaired) electrons. The van der Waals surface area contributed by atoms with Gasteiger partial charge in [0, 0.05) is 55.0 Å². The average Bonchev–Trinajstić information content (AvgIpc) is 3.66. The fourth-order valence-corrected chi connectivity index (χ4v) is 5.85. The number of rotatable bonds is 8. The highest BCUT2D eigenvalue weighted by Gasteiger charge is 2.45. The summed E-state index contributed by atoms with van der Waals surface area (Å²) in [5.74, 6) is -0.205. The molecule has 1 heterocycles. The van der Waals surface area contributed by atoms with Crippen molar-refractivity contribution in [3.63, 3.8) is 0 Å². The van der Waals surface area contributed by atoms with Crippen LogP contribution in [0.2, 0.25) is 0 Å². The van der Waals surface area contributed by atoms with E-state index < -0.39 is 11.0 Å². The summed E-state index contributed by atoms with van der Waals surface area (Å²) in [6.45, 7) is 3.09. The average molecular weight is 520 g/mol. The van der Waals surface area contributed by atoms with Crippen LogP contribution < -0.4 is 11.1 Å². The van der Waals surface area contributed by atoms with Gasteiger partial charge in [0.05, 0.1) is 4.92 Å². The molecular formula is C29H37N5O4. The molecule has 9 heteroatoms. The highest BCUT2D eigenvalue weighted by Crippen LogP contribution is 2.35. The van der Waals surface area contributed by atoms with Gasteiger partial charge in [-0.05, 0) is 69.6 Å². The quantitative estimate of drug-likeness (QED) is 0.406. The van der Waals surface area contributed by atoms with E-state index in [9.17, 15) is 19.7 Å². The van der Waals surface area contributed by atoms with Crippen LogP contribution in [-0.2, 0) is 11.3 Å². The number of carbonyl (C=O) groups is 2. The Morgan fingerprint density at radius 3 is 2.26 bits per heavy atom. The first-order chi connectivity index (χ1) is 18.3. The molecule has 3 fully saturated rings. The number of nitrogens with zero attached hydrogens (tertiary/aromatic N) is 3. The molecule has 3 N–H and O–H groups in total. The van der Waals surface area contributed by atoms with Crippen molar-refractivity contribution in [2.45, 2.75) is 88.6 Å². The zero-order valence-corrected chi connectivity index (χ0v) is 21.9. The van der Waals surface area contributed by atoms with Crippen LogP contribution >= 0.6 is 0 Å². The predicted octanol–water partition coefficient (Wildman–Crippen LogP) is 3.54. The van der Waals surface area contributed by atoms with Gasteiger partial charge in [-0.3, -0.25) is 24.6 Å². The van der Waals surface area contributed by atoms with Crippen molar-refractivity contribution in [2.24, 2.45) is 5.73 Å². The molecule has 1 saturated heterocycles. The van der Waals surface area contributed by atoms with Gasteiger partial charge in [-0.1, -0.05) is 29.8 Å². The van der Waals surface area contributed by atoms with E-state index in [1.807, 2.05) is 31.2 Å².